The quantitative estimate of drug-likeness (QED) is 0.629. The molecule has 1 aliphatic rings. The molecule has 5 N–H and O–H groups in total. The van der Waals surface area contributed by atoms with Crippen LogP contribution >= 0.6 is 0 Å². The number of hydrogen-bond donors (Lipinski definition) is 3. The molecule has 0 bridgehead atoms. The van der Waals surface area contributed by atoms with E-state index in [1.54, 1.807) is 0 Å². The van der Waals surface area contributed by atoms with Crippen LogP contribution < -0.4 is 21.7 Å². The summed E-state index contributed by atoms with van der Waals surface area (Å²) in [4.78, 5) is 19.8. The minimum absolute atomic E-state index is 0.115. The summed E-state index contributed by atoms with van der Waals surface area (Å²) in [6.45, 7) is 3.48. The molecule has 0 unspecified atom stereocenters. The van der Waals surface area contributed by atoms with Crippen LogP contribution in [0.2, 0.25) is 0 Å². The minimum atomic E-state index is 0.115. The summed E-state index contributed by atoms with van der Waals surface area (Å²) >= 11 is 0. The second-order valence-corrected chi connectivity index (χ2v) is 5.64. The molecule has 0 saturated carbocycles. The van der Waals surface area contributed by atoms with Gasteiger partial charge in [-0.2, -0.15) is 15.0 Å². The van der Waals surface area contributed by atoms with Gasteiger partial charge in [-0.25, -0.2) is 4.98 Å². The van der Waals surface area contributed by atoms with Crippen molar-refractivity contribution in [2.45, 2.75) is 0 Å². The largest absolute Gasteiger partial charge is 0.383 e. The van der Waals surface area contributed by atoms with Gasteiger partial charge in [0.15, 0.2) is 5.65 Å². The van der Waals surface area contributed by atoms with Gasteiger partial charge in [0.1, 0.15) is 5.82 Å². The molecule has 4 rings (SSSR count). The zero-order valence-corrected chi connectivity index (χ0v) is 13.1. The van der Waals surface area contributed by atoms with Crippen LogP contribution in [0.1, 0.15) is 0 Å². The van der Waals surface area contributed by atoms with Crippen molar-refractivity contribution < 1.29 is 0 Å². The van der Waals surface area contributed by atoms with Gasteiger partial charge in [-0.3, -0.25) is 0 Å². The molecule has 1 fully saturated rings. The van der Waals surface area contributed by atoms with E-state index in [-0.39, 0.29) is 5.95 Å². The van der Waals surface area contributed by atoms with Gasteiger partial charge in [0.25, 0.3) is 0 Å². The maximum atomic E-state index is 6.09. The molecule has 3 heterocycles. The zero-order valence-electron chi connectivity index (χ0n) is 13.1. The fourth-order valence-corrected chi connectivity index (χ4v) is 2.88. The number of hydrogen-bond acceptors (Lipinski definition) is 8. The van der Waals surface area contributed by atoms with E-state index in [1.165, 1.54) is 0 Å². The summed E-state index contributed by atoms with van der Waals surface area (Å²) in [5, 5.41) is 3.96. The van der Waals surface area contributed by atoms with E-state index in [4.69, 9.17) is 16.5 Å². The molecule has 0 aliphatic carbocycles. The highest BCUT2D eigenvalue weighted by Crippen LogP contribution is 2.30. The van der Waals surface area contributed by atoms with Crippen molar-refractivity contribution in [1.29, 1.82) is 0 Å². The maximum absolute atomic E-state index is 6.09. The average molecular weight is 322 g/mol. The molecule has 8 nitrogen and oxygen atoms in total. The Morgan fingerprint density at radius 1 is 0.917 bits per heavy atom. The Bertz CT molecular complexity index is 874. The van der Waals surface area contributed by atoms with E-state index in [1.807, 2.05) is 30.3 Å². The Hall–Kier alpha value is -3.00. The van der Waals surface area contributed by atoms with Crippen molar-refractivity contribution in [3.63, 3.8) is 0 Å². The zero-order chi connectivity index (χ0) is 16.5. The Morgan fingerprint density at radius 3 is 2.42 bits per heavy atom. The predicted octanol–water partition coefficient (Wildman–Crippen LogP) is 0.661. The number of fused-ring (bicyclic) bond motifs is 1. The molecule has 1 aromatic carbocycles. The van der Waals surface area contributed by atoms with Gasteiger partial charge in [0.05, 0.1) is 11.1 Å². The third-order valence-electron chi connectivity index (χ3n) is 4.04. The standard InChI is InChI=1S/C16H18N8/c17-13-11-12(10-4-2-1-3-5-10)20-16(24-8-6-19-7-9-24)23-14(11)22-15(18)21-13/h1-5,19H,6-9H2,(H4,17,18,20,21,22,23). The normalized spacial score (nSPS) is 14.9. The monoisotopic (exact) mass is 322 g/mol. The average Bonchev–Trinajstić information content (AvgIpc) is 2.62. The number of rotatable bonds is 2. The van der Waals surface area contributed by atoms with Gasteiger partial charge in [-0.15, -0.1) is 0 Å². The molecule has 8 heteroatoms. The van der Waals surface area contributed by atoms with Gasteiger partial charge >= 0.3 is 0 Å². The number of anilines is 3. The molecule has 0 amide bonds. The van der Waals surface area contributed by atoms with E-state index in [0.29, 0.717) is 22.8 Å². The van der Waals surface area contributed by atoms with Gasteiger partial charge in [-0.05, 0) is 0 Å². The third kappa shape index (κ3) is 2.56. The number of aromatic nitrogens is 4. The fraction of sp³-hybridized carbons (Fsp3) is 0.250. The van der Waals surface area contributed by atoms with Crippen LogP contribution in [-0.2, 0) is 0 Å². The summed E-state index contributed by atoms with van der Waals surface area (Å²) in [7, 11) is 0. The number of nitrogens with one attached hydrogen (secondary N) is 1. The highest BCUT2D eigenvalue weighted by atomic mass is 15.3. The lowest BCUT2D eigenvalue weighted by Crippen LogP contribution is -2.44. The van der Waals surface area contributed by atoms with Gasteiger partial charge in [0.2, 0.25) is 11.9 Å². The van der Waals surface area contributed by atoms with Crippen LogP contribution in [0.3, 0.4) is 0 Å². The van der Waals surface area contributed by atoms with E-state index < -0.39 is 0 Å². The molecule has 3 aromatic rings. The summed E-state index contributed by atoms with van der Waals surface area (Å²) in [5.74, 6) is 1.05. The molecule has 1 aliphatic heterocycles. The first-order valence-corrected chi connectivity index (χ1v) is 7.84. The smallest absolute Gasteiger partial charge is 0.228 e. The van der Waals surface area contributed by atoms with Crippen LogP contribution in [0, 0.1) is 0 Å². The summed E-state index contributed by atoms with van der Waals surface area (Å²) in [6.07, 6.45) is 0. The minimum Gasteiger partial charge on any atom is -0.383 e. The maximum Gasteiger partial charge on any atom is 0.228 e. The molecule has 1 saturated heterocycles. The van der Waals surface area contributed by atoms with Crippen molar-refractivity contribution in [2.24, 2.45) is 0 Å². The Morgan fingerprint density at radius 2 is 1.67 bits per heavy atom. The van der Waals surface area contributed by atoms with Crippen LogP contribution in [0.15, 0.2) is 30.3 Å². The number of piperazine rings is 1. The fourth-order valence-electron chi connectivity index (χ4n) is 2.88. The molecule has 0 radical (unpaired) electrons. The van der Waals surface area contributed by atoms with Crippen LogP contribution in [0.4, 0.5) is 17.7 Å². The Labute approximate surface area is 138 Å². The van der Waals surface area contributed by atoms with Crippen molar-refractivity contribution in [3.05, 3.63) is 30.3 Å². The number of benzene rings is 1. The second-order valence-electron chi connectivity index (χ2n) is 5.64. The molecule has 0 atom stereocenters. The lowest BCUT2D eigenvalue weighted by Gasteiger charge is -2.27. The van der Waals surface area contributed by atoms with Crippen LogP contribution in [-0.4, -0.2) is 46.1 Å². The summed E-state index contributed by atoms with van der Waals surface area (Å²) in [5.41, 5.74) is 14.0. The number of nitrogens with zero attached hydrogens (tertiary/aromatic N) is 5. The second kappa shape index (κ2) is 5.89. The van der Waals surface area contributed by atoms with E-state index >= 15 is 0 Å². The van der Waals surface area contributed by atoms with Gasteiger partial charge < -0.3 is 21.7 Å². The van der Waals surface area contributed by atoms with Crippen molar-refractivity contribution in [2.75, 3.05) is 42.5 Å². The molecular weight excluding hydrogens is 304 g/mol. The third-order valence-corrected chi connectivity index (χ3v) is 4.04. The van der Waals surface area contributed by atoms with E-state index in [9.17, 15) is 0 Å². The SMILES string of the molecule is Nc1nc(N)c2c(-c3ccccc3)nc(N3CCNCC3)nc2n1. The van der Waals surface area contributed by atoms with Gasteiger partial charge in [-0.1, -0.05) is 30.3 Å². The van der Waals surface area contributed by atoms with Crippen molar-refractivity contribution >= 4 is 28.7 Å². The molecule has 0 spiro atoms. The van der Waals surface area contributed by atoms with Gasteiger partial charge in [0, 0.05) is 31.7 Å². The molecule has 122 valence electrons. The lowest BCUT2D eigenvalue weighted by molar-refractivity contribution is 0.580. The van der Waals surface area contributed by atoms with Crippen LogP contribution in [0.5, 0.6) is 0 Å². The first-order valence-electron chi connectivity index (χ1n) is 7.84. The van der Waals surface area contributed by atoms with E-state index in [0.717, 1.165) is 37.4 Å². The number of nitrogens with two attached hydrogens (primary N) is 2. The topological polar surface area (TPSA) is 119 Å². The highest BCUT2D eigenvalue weighted by Gasteiger charge is 2.19. The highest BCUT2D eigenvalue weighted by molar-refractivity contribution is 5.98. The summed E-state index contributed by atoms with van der Waals surface area (Å²) < 4.78 is 0. The molecule has 24 heavy (non-hydrogen) atoms. The van der Waals surface area contributed by atoms with Crippen LogP contribution in [0.25, 0.3) is 22.3 Å². The first kappa shape index (κ1) is 14.6. The van der Waals surface area contributed by atoms with E-state index in [2.05, 4.69) is 25.2 Å². The van der Waals surface area contributed by atoms with Crippen molar-refractivity contribution in [1.82, 2.24) is 25.3 Å². The Balaban J connectivity index is 1.96. The lowest BCUT2D eigenvalue weighted by atomic mass is 10.1. The summed E-state index contributed by atoms with van der Waals surface area (Å²) in [6, 6.07) is 9.85. The Kier molecular flexibility index (Phi) is 3.58. The molecular formula is C16H18N8. The molecule has 2 aromatic heterocycles. The first-order chi connectivity index (χ1) is 11.7. The predicted molar refractivity (Wildman–Crippen MR) is 94.5 cm³/mol. The van der Waals surface area contributed by atoms with Crippen molar-refractivity contribution in [3.8, 4) is 11.3 Å². The number of nitrogen functional groups attached to an aromatic ring is 2.